The molecule has 0 aromatic carbocycles. The van der Waals surface area contributed by atoms with Crippen LogP contribution in [-0.4, -0.2) is 17.1 Å². The number of nitrogens with zero attached hydrogens (tertiary/aromatic N) is 1. The molecule has 4 heteroatoms. The summed E-state index contributed by atoms with van der Waals surface area (Å²) in [5, 5.41) is 0. The highest BCUT2D eigenvalue weighted by molar-refractivity contribution is 9.10. The van der Waals surface area contributed by atoms with Crippen LogP contribution in [0.2, 0.25) is 0 Å². The van der Waals surface area contributed by atoms with Crippen LogP contribution in [-0.2, 0) is 9.53 Å². The van der Waals surface area contributed by atoms with Gasteiger partial charge in [-0.05, 0) is 77.7 Å². The van der Waals surface area contributed by atoms with Crippen LogP contribution < -0.4 is 0 Å². The zero-order chi connectivity index (χ0) is 16.7. The van der Waals surface area contributed by atoms with Crippen LogP contribution in [0.5, 0.6) is 0 Å². The summed E-state index contributed by atoms with van der Waals surface area (Å²) in [4.78, 5) is 16.7. The van der Waals surface area contributed by atoms with Crippen LogP contribution in [0.4, 0.5) is 0 Å². The third-order valence-corrected chi connectivity index (χ3v) is 6.26. The van der Waals surface area contributed by atoms with Gasteiger partial charge in [-0.15, -0.1) is 0 Å². The minimum atomic E-state index is -0.0818. The summed E-state index contributed by atoms with van der Waals surface area (Å²) < 4.78 is 6.53. The van der Waals surface area contributed by atoms with E-state index >= 15 is 0 Å². The van der Waals surface area contributed by atoms with Crippen molar-refractivity contribution in [3.05, 3.63) is 45.7 Å². The van der Waals surface area contributed by atoms with Crippen LogP contribution in [0.3, 0.4) is 0 Å². The molecule has 2 aliphatic carbocycles. The fourth-order valence-electron chi connectivity index (χ4n) is 4.72. The van der Waals surface area contributed by atoms with Crippen molar-refractivity contribution >= 4 is 28.0 Å². The number of pyridine rings is 1. The van der Waals surface area contributed by atoms with Gasteiger partial charge in [-0.1, -0.05) is 18.9 Å². The number of hydrogen-bond acceptors (Lipinski definition) is 3. The Labute approximate surface area is 151 Å². The summed E-state index contributed by atoms with van der Waals surface area (Å²) in [5.74, 6) is 1.50. The molecule has 3 nitrogen and oxygen atoms in total. The van der Waals surface area contributed by atoms with E-state index in [9.17, 15) is 4.79 Å². The second-order valence-electron chi connectivity index (χ2n) is 7.18. The van der Waals surface area contributed by atoms with Gasteiger partial charge in [0.15, 0.2) is 0 Å². The number of cyclic esters (lactones) is 1. The summed E-state index contributed by atoms with van der Waals surface area (Å²) in [6, 6.07) is 4.02. The van der Waals surface area contributed by atoms with Gasteiger partial charge in [0.25, 0.3) is 0 Å². The first-order chi connectivity index (χ1) is 11.6. The molecule has 1 fully saturated rings. The molecule has 0 saturated heterocycles. The average Bonchev–Trinajstić information content (AvgIpc) is 2.87. The Balaban J connectivity index is 1.69. The minimum absolute atomic E-state index is 0.0806. The molecule has 126 valence electrons. The van der Waals surface area contributed by atoms with E-state index in [2.05, 4.69) is 33.1 Å². The Hall–Kier alpha value is -1.42. The highest BCUT2D eigenvalue weighted by Gasteiger charge is 2.45. The maximum absolute atomic E-state index is 12.2. The van der Waals surface area contributed by atoms with Crippen molar-refractivity contribution < 1.29 is 9.53 Å². The summed E-state index contributed by atoms with van der Waals surface area (Å²) in [7, 11) is 0. The zero-order valence-electron chi connectivity index (χ0n) is 13.9. The predicted octanol–water partition coefficient (Wildman–Crippen LogP) is 4.93. The quantitative estimate of drug-likeness (QED) is 0.675. The lowest BCUT2D eigenvalue weighted by molar-refractivity contribution is -0.139. The average molecular weight is 388 g/mol. The first-order valence-corrected chi connectivity index (χ1v) is 9.66. The molecule has 0 unspecified atom stereocenters. The van der Waals surface area contributed by atoms with Crippen molar-refractivity contribution in [2.24, 2.45) is 17.8 Å². The predicted molar refractivity (Wildman–Crippen MR) is 97.1 cm³/mol. The lowest BCUT2D eigenvalue weighted by Gasteiger charge is -2.40. The molecule has 0 radical (unpaired) electrons. The maximum atomic E-state index is 12.2. The highest BCUT2D eigenvalue weighted by atomic mass is 79.9. The molecule has 4 rings (SSSR count). The monoisotopic (exact) mass is 387 g/mol. The van der Waals surface area contributed by atoms with Crippen LogP contribution in [0.25, 0.3) is 6.08 Å². The third kappa shape index (κ3) is 2.85. The molecule has 0 N–H and O–H groups in total. The number of carbonyl (C=O) groups excluding carboxylic acids is 1. The number of fused-ring (bicyclic) bond motifs is 1. The van der Waals surface area contributed by atoms with Gasteiger partial charge < -0.3 is 4.74 Å². The number of ether oxygens (including phenoxy) is 1. The number of aromatic nitrogens is 1. The van der Waals surface area contributed by atoms with Gasteiger partial charge in [0.05, 0.1) is 5.69 Å². The molecule has 0 spiro atoms. The second kappa shape index (κ2) is 6.47. The van der Waals surface area contributed by atoms with E-state index in [-0.39, 0.29) is 12.1 Å². The molecule has 1 saturated carbocycles. The number of allylic oxidation sites excluding steroid dienone is 1. The molecular weight excluding hydrogens is 366 g/mol. The van der Waals surface area contributed by atoms with E-state index in [1.807, 2.05) is 25.3 Å². The van der Waals surface area contributed by atoms with Gasteiger partial charge in [-0.2, -0.15) is 0 Å². The molecule has 1 aromatic heterocycles. The lowest BCUT2D eigenvalue weighted by atomic mass is 9.63. The van der Waals surface area contributed by atoms with E-state index in [1.165, 1.54) is 31.3 Å². The molecule has 2 heterocycles. The van der Waals surface area contributed by atoms with Gasteiger partial charge in [0.1, 0.15) is 6.10 Å². The standard InChI is InChI=1S/C20H22BrNO2/c1-12-19-17(9-8-15-7-6-14(21)11-22-15)16-5-3-2-4-13(16)10-18(19)20(23)24-12/h6-9,11-13,16-17H,2-5,10H2,1H3/t12-,13+,16-,17+/m1/s1. The zero-order valence-corrected chi connectivity index (χ0v) is 15.5. The normalized spacial score (nSPS) is 32.7. The van der Waals surface area contributed by atoms with Crippen molar-refractivity contribution in [1.82, 2.24) is 4.98 Å². The minimum Gasteiger partial charge on any atom is -0.455 e. The Morgan fingerprint density at radius 1 is 1.29 bits per heavy atom. The molecular formula is C20H22BrNO2. The summed E-state index contributed by atoms with van der Waals surface area (Å²) in [5.41, 5.74) is 3.15. The van der Waals surface area contributed by atoms with E-state index in [4.69, 9.17) is 4.74 Å². The van der Waals surface area contributed by atoms with Crippen molar-refractivity contribution in [3.8, 4) is 0 Å². The van der Waals surface area contributed by atoms with E-state index in [1.54, 1.807) is 0 Å². The number of rotatable bonds is 2. The molecule has 4 atom stereocenters. The van der Waals surface area contributed by atoms with Crippen LogP contribution in [0.15, 0.2) is 40.0 Å². The first-order valence-electron chi connectivity index (χ1n) is 8.87. The van der Waals surface area contributed by atoms with Gasteiger partial charge in [-0.25, -0.2) is 4.79 Å². The van der Waals surface area contributed by atoms with Crippen LogP contribution >= 0.6 is 15.9 Å². The Kier molecular flexibility index (Phi) is 4.33. The number of halogens is 1. The maximum Gasteiger partial charge on any atom is 0.334 e. The molecule has 1 aliphatic heterocycles. The second-order valence-corrected chi connectivity index (χ2v) is 8.10. The summed E-state index contributed by atoms with van der Waals surface area (Å²) in [6.45, 7) is 2.02. The topological polar surface area (TPSA) is 39.2 Å². The summed E-state index contributed by atoms with van der Waals surface area (Å²) in [6.07, 6.45) is 12.1. The Morgan fingerprint density at radius 2 is 2.12 bits per heavy atom. The van der Waals surface area contributed by atoms with Crippen molar-refractivity contribution in [1.29, 1.82) is 0 Å². The fraction of sp³-hybridized carbons (Fsp3) is 0.500. The number of hydrogen-bond donors (Lipinski definition) is 0. The number of carbonyl (C=O) groups is 1. The molecule has 3 aliphatic rings. The molecule has 1 aromatic rings. The fourth-order valence-corrected chi connectivity index (χ4v) is 4.96. The SMILES string of the molecule is C[C@H]1OC(=O)C2=C1[C@@H](C=Cc1ccc(Br)cn1)[C@@H]1CCCC[C@H]1C2. The van der Waals surface area contributed by atoms with Crippen LogP contribution in [0.1, 0.15) is 44.7 Å². The van der Waals surface area contributed by atoms with Gasteiger partial charge in [0, 0.05) is 22.2 Å². The Bertz CT molecular complexity index is 707. The molecule has 0 bridgehead atoms. The van der Waals surface area contributed by atoms with E-state index in [0.717, 1.165) is 22.2 Å². The Morgan fingerprint density at radius 3 is 2.92 bits per heavy atom. The van der Waals surface area contributed by atoms with Crippen LogP contribution in [0, 0.1) is 17.8 Å². The van der Waals surface area contributed by atoms with E-state index in [0.29, 0.717) is 17.8 Å². The lowest BCUT2D eigenvalue weighted by Crippen LogP contribution is -2.33. The van der Waals surface area contributed by atoms with Gasteiger partial charge in [-0.3, -0.25) is 4.98 Å². The first kappa shape index (κ1) is 16.1. The molecule has 0 amide bonds. The van der Waals surface area contributed by atoms with Crippen molar-refractivity contribution in [2.45, 2.75) is 45.1 Å². The van der Waals surface area contributed by atoms with E-state index < -0.39 is 0 Å². The van der Waals surface area contributed by atoms with Gasteiger partial charge in [0.2, 0.25) is 0 Å². The third-order valence-electron chi connectivity index (χ3n) is 5.80. The smallest absolute Gasteiger partial charge is 0.334 e. The summed E-state index contributed by atoms with van der Waals surface area (Å²) >= 11 is 3.42. The largest absolute Gasteiger partial charge is 0.455 e. The number of esters is 1. The molecule has 24 heavy (non-hydrogen) atoms. The van der Waals surface area contributed by atoms with Crippen molar-refractivity contribution in [2.75, 3.05) is 0 Å². The van der Waals surface area contributed by atoms with Gasteiger partial charge >= 0.3 is 5.97 Å². The van der Waals surface area contributed by atoms with Crippen molar-refractivity contribution in [3.63, 3.8) is 0 Å². The highest BCUT2D eigenvalue weighted by Crippen LogP contribution is 2.50.